The third-order valence-electron chi connectivity index (χ3n) is 6.08. The predicted molar refractivity (Wildman–Crippen MR) is 72.4 cm³/mol. The fourth-order valence-corrected chi connectivity index (χ4v) is 5.62. The molecule has 3 heteroatoms. The van der Waals surface area contributed by atoms with Gasteiger partial charge in [0.2, 0.25) is 5.91 Å². The molecule has 0 atom stereocenters. The predicted octanol–water partition coefficient (Wildman–Crippen LogP) is 2.19. The first-order chi connectivity index (χ1) is 9.20. The summed E-state index contributed by atoms with van der Waals surface area (Å²) in [5.41, 5.74) is -0.0213. The van der Waals surface area contributed by atoms with E-state index in [4.69, 9.17) is 0 Å². The molecule has 106 valence electrons. The molecule has 5 aliphatic rings. The Morgan fingerprint density at radius 1 is 1.05 bits per heavy atom. The summed E-state index contributed by atoms with van der Waals surface area (Å²) in [5, 5.41) is 9.25. The minimum atomic E-state index is -0.0213. The third-order valence-corrected chi connectivity index (χ3v) is 6.08. The summed E-state index contributed by atoms with van der Waals surface area (Å²) < 4.78 is 0. The zero-order valence-electron chi connectivity index (χ0n) is 11.7. The van der Waals surface area contributed by atoms with Crippen LogP contribution in [0.2, 0.25) is 0 Å². The Morgan fingerprint density at radius 3 is 2.00 bits per heavy atom. The molecule has 5 rings (SSSR count). The molecule has 0 unspecified atom stereocenters. The van der Waals surface area contributed by atoms with Crippen LogP contribution in [0.1, 0.15) is 51.4 Å². The van der Waals surface area contributed by atoms with Gasteiger partial charge in [-0.3, -0.25) is 4.79 Å². The lowest BCUT2D eigenvalue weighted by Crippen LogP contribution is -2.55. The lowest BCUT2D eigenvalue weighted by Gasteiger charge is -2.56. The van der Waals surface area contributed by atoms with E-state index >= 15 is 0 Å². The first kappa shape index (κ1) is 12.2. The van der Waals surface area contributed by atoms with Crippen LogP contribution in [-0.2, 0) is 4.79 Å². The normalized spacial score (nSPS) is 43.5. The first-order valence-electron chi connectivity index (χ1n) is 8.12. The lowest BCUT2D eigenvalue weighted by molar-refractivity contribution is -0.158. The standard InChI is InChI=1S/C16H25NO2/c18-4-3-17(14-1-2-14)15(19)16-8-11-5-12(9-16)7-13(6-11)10-16/h11-14,18H,1-10H2. The number of hydrogen-bond donors (Lipinski definition) is 1. The highest BCUT2D eigenvalue weighted by Gasteiger charge is 2.56. The highest BCUT2D eigenvalue weighted by Crippen LogP contribution is 2.60. The number of nitrogens with zero attached hydrogens (tertiary/aromatic N) is 1. The molecule has 1 N–H and O–H groups in total. The molecule has 0 aromatic rings. The SMILES string of the molecule is O=C(N(CCO)C1CC1)C12CC3CC(CC(C3)C1)C2. The minimum absolute atomic E-state index is 0.0213. The Labute approximate surface area is 115 Å². The van der Waals surface area contributed by atoms with Crippen molar-refractivity contribution in [3.63, 3.8) is 0 Å². The average molecular weight is 263 g/mol. The van der Waals surface area contributed by atoms with Crippen molar-refractivity contribution in [3.05, 3.63) is 0 Å². The number of carbonyl (C=O) groups is 1. The van der Waals surface area contributed by atoms with Gasteiger partial charge in [-0.2, -0.15) is 0 Å². The van der Waals surface area contributed by atoms with Crippen molar-refractivity contribution in [3.8, 4) is 0 Å². The van der Waals surface area contributed by atoms with Gasteiger partial charge in [0.25, 0.3) is 0 Å². The van der Waals surface area contributed by atoms with Gasteiger partial charge < -0.3 is 10.0 Å². The molecule has 0 saturated heterocycles. The first-order valence-corrected chi connectivity index (χ1v) is 8.12. The molecule has 0 radical (unpaired) electrons. The van der Waals surface area contributed by atoms with Gasteiger partial charge in [-0.15, -0.1) is 0 Å². The van der Waals surface area contributed by atoms with Crippen LogP contribution in [0.25, 0.3) is 0 Å². The Bertz CT molecular complexity index is 353. The highest BCUT2D eigenvalue weighted by molar-refractivity contribution is 5.84. The van der Waals surface area contributed by atoms with Gasteiger partial charge in [-0.05, 0) is 69.1 Å². The average Bonchev–Trinajstić information content (AvgIpc) is 3.17. The van der Waals surface area contributed by atoms with Crippen molar-refractivity contribution in [2.75, 3.05) is 13.2 Å². The van der Waals surface area contributed by atoms with Crippen molar-refractivity contribution >= 4 is 5.91 Å². The van der Waals surface area contributed by atoms with E-state index < -0.39 is 0 Å². The van der Waals surface area contributed by atoms with E-state index in [0.717, 1.165) is 49.9 Å². The number of hydrogen-bond acceptors (Lipinski definition) is 2. The lowest BCUT2D eigenvalue weighted by atomic mass is 9.49. The molecule has 1 amide bonds. The molecule has 0 aromatic heterocycles. The van der Waals surface area contributed by atoms with Crippen LogP contribution in [0.5, 0.6) is 0 Å². The van der Waals surface area contributed by atoms with E-state index in [0.29, 0.717) is 18.5 Å². The summed E-state index contributed by atoms with van der Waals surface area (Å²) in [4.78, 5) is 15.1. The number of carbonyl (C=O) groups excluding carboxylic acids is 1. The molecule has 5 saturated carbocycles. The smallest absolute Gasteiger partial charge is 0.229 e. The van der Waals surface area contributed by atoms with Crippen molar-refractivity contribution in [1.82, 2.24) is 4.90 Å². The molecule has 3 nitrogen and oxygen atoms in total. The monoisotopic (exact) mass is 263 g/mol. The zero-order valence-corrected chi connectivity index (χ0v) is 11.7. The highest BCUT2D eigenvalue weighted by atomic mass is 16.3. The van der Waals surface area contributed by atoms with Crippen LogP contribution in [-0.4, -0.2) is 35.1 Å². The number of rotatable bonds is 4. The van der Waals surface area contributed by atoms with Crippen LogP contribution in [0, 0.1) is 23.2 Å². The fraction of sp³-hybridized carbons (Fsp3) is 0.938. The molecule has 0 heterocycles. The van der Waals surface area contributed by atoms with Crippen LogP contribution in [0.4, 0.5) is 0 Å². The molecule has 0 aromatic carbocycles. The second kappa shape index (κ2) is 4.21. The van der Waals surface area contributed by atoms with Gasteiger partial charge in [-0.1, -0.05) is 0 Å². The maximum atomic E-state index is 13.1. The van der Waals surface area contributed by atoms with Gasteiger partial charge in [0, 0.05) is 12.6 Å². The van der Waals surface area contributed by atoms with Gasteiger partial charge in [-0.25, -0.2) is 0 Å². The van der Waals surface area contributed by atoms with Crippen molar-refractivity contribution in [2.45, 2.75) is 57.4 Å². The van der Waals surface area contributed by atoms with E-state index in [1.165, 1.54) is 19.3 Å². The molecule has 5 aliphatic carbocycles. The quantitative estimate of drug-likeness (QED) is 0.844. The fourth-order valence-electron chi connectivity index (χ4n) is 5.62. The van der Waals surface area contributed by atoms with E-state index in [2.05, 4.69) is 0 Å². The molecule has 4 bridgehead atoms. The second-order valence-electron chi connectivity index (χ2n) is 7.65. The van der Waals surface area contributed by atoms with E-state index in [1.807, 2.05) is 4.90 Å². The van der Waals surface area contributed by atoms with Crippen LogP contribution in [0.3, 0.4) is 0 Å². The molecule has 19 heavy (non-hydrogen) atoms. The number of amides is 1. The van der Waals surface area contributed by atoms with E-state index in [9.17, 15) is 9.90 Å². The maximum absolute atomic E-state index is 13.1. The van der Waals surface area contributed by atoms with Crippen molar-refractivity contribution in [1.29, 1.82) is 0 Å². The summed E-state index contributed by atoms with van der Waals surface area (Å²) in [6, 6.07) is 0.452. The van der Waals surface area contributed by atoms with Gasteiger partial charge >= 0.3 is 0 Å². The Morgan fingerprint density at radius 2 is 1.58 bits per heavy atom. The second-order valence-corrected chi connectivity index (χ2v) is 7.65. The largest absolute Gasteiger partial charge is 0.395 e. The summed E-state index contributed by atoms with van der Waals surface area (Å²) >= 11 is 0. The van der Waals surface area contributed by atoms with Gasteiger partial charge in [0.05, 0.1) is 12.0 Å². The maximum Gasteiger partial charge on any atom is 0.229 e. The van der Waals surface area contributed by atoms with Gasteiger partial charge in [0.15, 0.2) is 0 Å². The van der Waals surface area contributed by atoms with Crippen molar-refractivity contribution in [2.24, 2.45) is 23.2 Å². The Balaban J connectivity index is 1.58. The molecular weight excluding hydrogens is 238 g/mol. The van der Waals surface area contributed by atoms with Crippen molar-refractivity contribution < 1.29 is 9.90 Å². The molecule has 0 spiro atoms. The topological polar surface area (TPSA) is 40.5 Å². The summed E-state index contributed by atoms with van der Waals surface area (Å²) in [6.45, 7) is 0.680. The van der Waals surface area contributed by atoms with Gasteiger partial charge in [0.1, 0.15) is 0 Å². The summed E-state index contributed by atoms with van der Waals surface area (Å²) in [6.07, 6.45) is 9.89. The number of aliphatic hydroxyl groups is 1. The summed E-state index contributed by atoms with van der Waals surface area (Å²) in [5.74, 6) is 2.88. The molecule has 0 aliphatic heterocycles. The third kappa shape index (κ3) is 1.93. The van der Waals surface area contributed by atoms with Crippen LogP contribution >= 0.6 is 0 Å². The minimum Gasteiger partial charge on any atom is -0.395 e. The Kier molecular flexibility index (Phi) is 2.70. The van der Waals surface area contributed by atoms with E-state index in [-0.39, 0.29) is 12.0 Å². The number of aliphatic hydroxyl groups excluding tert-OH is 1. The van der Waals surface area contributed by atoms with Crippen LogP contribution < -0.4 is 0 Å². The molecule has 5 fully saturated rings. The van der Waals surface area contributed by atoms with E-state index in [1.54, 1.807) is 0 Å². The zero-order chi connectivity index (χ0) is 13.0. The Hall–Kier alpha value is -0.570. The van der Waals surface area contributed by atoms with Crippen LogP contribution in [0.15, 0.2) is 0 Å². The molecular formula is C16H25NO2. The summed E-state index contributed by atoms with van der Waals surface area (Å²) in [7, 11) is 0.